The number of aromatic nitrogens is 4. The Labute approximate surface area is 144 Å². The minimum Gasteiger partial charge on any atom is -0.342 e. The molecular formula is C18H21N5O2. The third kappa shape index (κ3) is 2.47. The Hall–Kier alpha value is -2.83. The van der Waals surface area contributed by atoms with Gasteiger partial charge in [-0.25, -0.2) is 4.79 Å². The van der Waals surface area contributed by atoms with Crippen LogP contribution in [0.4, 0.5) is 5.95 Å². The van der Waals surface area contributed by atoms with Crippen LogP contribution in [0.15, 0.2) is 39.9 Å². The van der Waals surface area contributed by atoms with E-state index in [4.69, 9.17) is 0 Å². The minimum atomic E-state index is -0.340. The highest BCUT2D eigenvalue weighted by molar-refractivity contribution is 5.74. The average molecular weight is 339 g/mol. The standard InChI is InChI=1S/C18H21N5O2/c1-20-14-15(19-17(20)22-10-6-7-11-22)21(2)18(25)23(16(14)24)12-13-8-4-3-5-9-13/h3-5,8-9H,6-7,10-12H2,1-2H3. The Balaban J connectivity index is 1.92. The first-order valence-electron chi connectivity index (χ1n) is 8.53. The van der Waals surface area contributed by atoms with Gasteiger partial charge in [0, 0.05) is 27.2 Å². The summed E-state index contributed by atoms with van der Waals surface area (Å²) in [7, 11) is 3.52. The van der Waals surface area contributed by atoms with Crippen molar-refractivity contribution < 1.29 is 0 Å². The molecule has 2 aromatic heterocycles. The first-order chi connectivity index (χ1) is 12.1. The van der Waals surface area contributed by atoms with Crippen molar-refractivity contribution in [3.05, 3.63) is 56.7 Å². The van der Waals surface area contributed by atoms with Crippen LogP contribution in [0.1, 0.15) is 18.4 Å². The molecule has 1 aliphatic rings. The summed E-state index contributed by atoms with van der Waals surface area (Å²) in [5, 5.41) is 0. The third-order valence-electron chi connectivity index (χ3n) is 4.91. The summed E-state index contributed by atoms with van der Waals surface area (Å²) >= 11 is 0. The monoisotopic (exact) mass is 339 g/mol. The van der Waals surface area contributed by atoms with Crippen molar-refractivity contribution in [2.75, 3.05) is 18.0 Å². The zero-order valence-corrected chi connectivity index (χ0v) is 14.5. The van der Waals surface area contributed by atoms with Gasteiger partial charge in [-0.2, -0.15) is 4.98 Å². The molecule has 1 aliphatic heterocycles. The van der Waals surface area contributed by atoms with E-state index in [0.29, 0.717) is 11.2 Å². The molecule has 0 aliphatic carbocycles. The molecule has 0 unspecified atom stereocenters. The summed E-state index contributed by atoms with van der Waals surface area (Å²) < 4.78 is 4.58. The highest BCUT2D eigenvalue weighted by Crippen LogP contribution is 2.21. The number of hydrogen-bond acceptors (Lipinski definition) is 4. The van der Waals surface area contributed by atoms with Crippen LogP contribution < -0.4 is 16.1 Å². The summed E-state index contributed by atoms with van der Waals surface area (Å²) in [5.74, 6) is 0.761. The number of aryl methyl sites for hydroxylation is 2. The van der Waals surface area contributed by atoms with Crippen molar-refractivity contribution in [3.63, 3.8) is 0 Å². The van der Waals surface area contributed by atoms with Gasteiger partial charge in [0.15, 0.2) is 11.2 Å². The molecule has 1 fully saturated rings. The van der Waals surface area contributed by atoms with Crippen LogP contribution in [-0.2, 0) is 20.6 Å². The lowest BCUT2D eigenvalue weighted by Gasteiger charge is -2.15. The summed E-state index contributed by atoms with van der Waals surface area (Å²) in [6.45, 7) is 2.12. The molecule has 7 heteroatoms. The number of rotatable bonds is 3. The van der Waals surface area contributed by atoms with Crippen molar-refractivity contribution in [1.82, 2.24) is 18.7 Å². The van der Waals surface area contributed by atoms with Crippen molar-refractivity contribution >= 4 is 17.1 Å². The topological polar surface area (TPSA) is 65.1 Å². The maximum atomic E-state index is 13.0. The van der Waals surface area contributed by atoms with Gasteiger partial charge in [-0.3, -0.25) is 13.9 Å². The molecular weight excluding hydrogens is 318 g/mol. The lowest BCUT2D eigenvalue weighted by atomic mass is 10.2. The Morgan fingerprint density at radius 1 is 1.00 bits per heavy atom. The predicted octanol–water partition coefficient (Wildman–Crippen LogP) is 1.08. The van der Waals surface area contributed by atoms with Gasteiger partial charge in [-0.1, -0.05) is 30.3 Å². The van der Waals surface area contributed by atoms with Crippen LogP contribution in [0.5, 0.6) is 0 Å². The highest BCUT2D eigenvalue weighted by atomic mass is 16.2. The maximum Gasteiger partial charge on any atom is 0.332 e. The van der Waals surface area contributed by atoms with E-state index in [1.54, 1.807) is 7.05 Å². The molecule has 3 aromatic rings. The molecule has 0 saturated carbocycles. The molecule has 0 N–H and O–H groups in total. The number of nitrogens with zero attached hydrogens (tertiary/aromatic N) is 5. The Bertz CT molecular complexity index is 1040. The van der Waals surface area contributed by atoms with Crippen LogP contribution >= 0.6 is 0 Å². The molecule has 3 heterocycles. The molecule has 25 heavy (non-hydrogen) atoms. The average Bonchev–Trinajstić information content (AvgIpc) is 3.25. The second-order valence-electron chi connectivity index (χ2n) is 6.56. The molecule has 0 atom stereocenters. The van der Waals surface area contributed by atoms with Crippen molar-refractivity contribution in [2.24, 2.45) is 14.1 Å². The van der Waals surface area contributed by atoms with E-state index in [9.17, 15) is 9.59 Å². The van der Waals surface area contributed by atoms with Crippen LogP contribution in [0.2, 0.25) is 0 Å². The van der Waals surface area contributed by atoms with Gasteiger partial charge in [0.2, 0.25) is 5.95 Å². The summed E-state index contributed by atoms with van der Waals surface area (Å²) in [6, 6.07) is 9.54. The quantitative estimate of drug-likeness (QED) is 0.716. The fraction of sp³-hybridized carbons (Fsp3) is 0.389. The second kappa shape index (κ2) is 5.91. The van der Waals surface area contributed by atoms with Crippen molar-refractivity contribution in [3.8, 4) is 0 Å². The Morgan fingerprint density at radius 2 is 1.68 bits per heavy atom. The molecule has 1 saturated heterocycles. The van der Waals surface area contributed by atoms with Crippen LogP contribution in [0, 0.1) is 0 Å². The molecule has 0 amide bonds. The van der Waals surface area contributed by atoms with Gasteiger partial charge >= 0.3 is 5.69 Å². The number of fused-ring (bicyclic) bond motifs is 1. The largest absolute Gasteiger partial charge is 0.342 e. The van der Waals surface area contributed by atoms with Crippen LogP contribution in [-0.4, -0.2) is 31.8 Å². The lowest BCUT2D eigenvalue weighted by molar-refractivity contribution is 0.655. The van der Waals surface area contributed by atoms with E-state index < -0.39 is 0 Å². The van der Waals surface area contributed by atoms with Crippen molar-refractivity contribution in [1.29, 1.82) is 0 Å². The zero-order chi connectivity index (χ0) is 17.6. The third-order valence-corrected chi connectivity index (χ3v) is 4.91. The maximum absolute atomic E-state index is 13.0. The summed E-state index contributed by atoms with van der Waals surface area (Å²) in [6.07, 6.45) is 2.25. The summed E-state index contributed by atoms with van der Waals surface area (Å²) in [4.78, 5) is 32.5. The molecule has 0 bridgehead atoms. The van der Waals surface area contributed by atoms with E-state index >= 15 is 0 Å². The molecule has 0 radical (unpaired) electrons. The first-order valence-corrected chi connectivity index (χ1v) is 8.53. The van der Waals surface area contributed by atoms with E-state index in [-0.39, 0.29) is 17.8 Å². The Morgan fingerprint density at radius 3 is 2.36 bits per heavy atom. The van der Waals surface area contributed by atoms with Gasteiger partial charge in [0.1, 0.15) is 0 Å². The van der Waals surface area contributed by atoms with Crippen molar-refractivity contribution in [2.45, 2.75) is 19.4 Å². The molecule has 1 aromatic carbocycles. The zero-order valence-electron chi connectivity index (χ0n) is 14.5. The van der Waals surface area contributed by atoms with Gasteiger partial charge in [0.25, 0.3) is 5.56 Å². The molecule has 0 spiro atoms. The fourth-order valence-electron chi connectivity index (χ4n) is 3.54. The SMILES string of the molecule is Cn1c(N2CCCC2)nc2c1c(=O)n(Cc1ccccc1)c(=O)n2C. The minimum absolute atomic E-state index is 0.256. The fourth-order valence-corrected chi connectivity index (χ4v) is 3.54. The van der Waals surface area contributed by atoms with Gasteiger partial charge in [-0.15, -0.1) is 0 Å². The van der Waals surface area contributed by atoms with E-state index in [1.807, 2.05) is 41.9 Å². The van der Waals surface area contributed by atoms with E-state index in [2.05, 4.69) is 9.88 Å². The van der Waals surface area contributed by atoms with Crippen LogP contribution in [0.25, 0.3) is 11.2 Å². The summed E-state index contributed by atoms with van der Waals surface area (Å²) in [5.41, 5.74) is 1.21. The second-order valence-corrected chi connectivity index (χ2v) is 6.56. The van der Waals surface area contributed by atoms with Gasteiger partial charge in [-0.05, 0) is 18.4 Å². The van der Waals surface area contributed by atoms with Gasteiger partial charge < -0.3 is 9.47 Å². The lowest BCUT2D eigenvalue weighted by Crippen LogP contribution is -2.39. The molecule has 7 nitrogen and oxygen atoms in total. The normalized spacial score (nSPS) is 14.6. The van der Waals surface area contributed by atoms with E-state index in [1.165, 1.54) is 9.13 Å². The first kappa shape index (κ1) is 15.7. The Kier molecular flexibility index (Phi) is 3.71. The predicted molar refractivity (Wildman–Crippen MR) is 97.2 cm³/mol. The molecule has 4 rings (SSSR count). The van der Waals surface area contributed by atoms with Gasteiger partial charge in [0.05, 0.1) is 6.54 Å². The number of anilines is 1. The number of benzene rings is 1. The number of imidazole rings is 1. The highest BCUT2D eigenvalue weighted by Gasteiger charge is 2.23. The smallest absolute Gasteiger partial charge is 0.332 e. The molecule has 130 valence electrons. The van der Waals surface area contributed by atoms with Crippen LogP contribution in [0.3, 0.4) is 0 Å². The number of hydrogen-bond donors (Lipinski definition) is 0. The van der Waals surface area contributed by atoms with E-state index in [0.717, 1.165) is 37.4 Å².